The highest BCUT2D eigenvalue weighted by molar-refractivity contribution is 5.47. The van der Waals surface area contributed by atoms with Crippen molar-refractivity contribution in [3.05, 3.63) is 28.8 Å². The summed E-state index contributed by atoms with van der Waals surface area (Å²) < 4.78 is 0. The van der Waals surface area contributed by atoms with Gasteiger partial charge in [0.15, 0.2) is 0 Å². The number of phenols is 1. The van der Waals surface area contributed by atoms with Gasteiger partial charge in [0.05, 0.1) is 0 Å². The number of aromatic hydroxyl groups is 1. The molecule has 1 aliphatic rings. The zero-order chi connectivity index (χ0) is 9.42. The van der Waals surface area contributed by atoms with Crippen molar-refractivity contribution >= 4 is 0 Å². The lowest BCUT2D eigenvalue weighted by atomic mass is 9.91. The fraction of sp³-hybridized carbons (Fsp3) is 0.455. The van der Waals surface area contributed by atoms with Gasteiger partial charge in [0.1, 0.15) is 5.75 Å². The highest BCUT2D eigenvalue weighted by Crippen LogP contribution is 2.32. The van der Waals surface area contributed by atoms with Gasteiger partial charge in [-0.05, 0) is 44.0 Å². The van der Waals surface area contributed by atoms with Gasteiger partial charge in [-0.25, -0.2) is 0 Å². The van der Waals surface area contributed by atoms with Gasteiger partial charge in [-0.3, -0.25) is 0 Å². The molecule has 13 heavy (non-hydrogen) atoms. The molecule has 0 bridgehead atoms. The van der Waals surface area contributed by atoms with E-state index < -0.39 is 0 Å². The Morgan fingerprint density at radius 3 is 2.92 bits per heavy atom. The Morgan fingerprint density at radius 1 is 1.46 bits per heavy atom. The Balaban J connectivity index is 2.60. The molecular weight excluding hydrogens is 162 g/mol. The maximum atomic E-state index is 9.71. The number of aryl methyl sites for hydroxylation is 1. The van der Waals surface area contributed by atoms with E-state index in [2.05, 4.69) is 19.2 Å². The van der Waals surface area contributed by atoms with Crippen LogP contribution in [-0.4, -0.2) is 11.7 Å². The van der Waals surface area contributed by atoms with Crippen molar-refractivity contribution in [2.24, 2.45) is 0 Å². The maximum absolute atomic E-state index is 9.71. The highest BCUT2D eigenvalue weighted by Gasteiger charge is 2.20. The predicted octanol–water partition coefficient (Wildman–Crippen LogP) is 1.91. The summed E-state index contributed by atoms with van der Waals surface area (Å²) in [6, 6.07) is 4.06. The maximum Gasteiger partial charge on any atom is 0.120 e. The Hall–Kier alpha value is -1.02. The van der Waals surface area contributed by atoms with Crippen LogP contribution in [0.3, 0.4) is 0 Å². The molecule has 2 nitrogen and oxygen atoms in total. The molecule has 0 amide bonds. The number of benzene rings is 1. The number of rotatable bonds is 0. The molecular formula is C11H15NO. The summed E-state index contributed by atoms with van der Waals surface area (Å²) in [5.74, 6) is 0.431. The van der Waals surface area contributed by atoms with E-state index in [1.165, 1.54) is 11.1 Å². The number of hydrogen-bond donors (Lipinski definition) is 2. The molecule has 0 saturated carbocycles. The summed E-state index contributed by atoms with van der Waals surface area (Å²) >= 11 is 0. The molecule has 0 aliphatic carbocycles. The highest BCUT2D eigenvalue weighted by atomic mass is 16.3. The summed E-state index contributed by atoms with van der Waals surface area (Å²) in [5, 5.41) is 13.1. The van der Waals surface area contributed by atoms with E-state index in [0.717, 1.165) is 18.5 Å². The van der Waals surface area contributed by atoms with Gasteiger partial charge in [0.25, 0.3) is 0 Å². The van der Waals surface area contributed by atoms with Crippen molar-refractivity contribution in [1.82, 2.24) is 5.32 Å². The standard InChI is InChI=1S/C11H15NO/c1-7-3-4-10(13)11-8(2)12-6-5-9(7)11/h3-4,8,12-13H,5-6H2,1-2H3. The Morgan fingerprint density at radius 2 is 2.23 bits per heavy atom. The fourth-order valence-electron chi connectivity index (χ4n) is 2.09. The first-order valence-corrected chi connectivity index (χ1v) is 4.75. The minimum Gasteiger partial charge on any atom is -0.508 e. The van der Waals surface area contributed by atoms with E-state index in [1.807, 2.05) is 6.07 Å². The summed E-state index contributed by atoms with van der Waals surface area (Å²) in [6.45, 7) is 5.21. The molecule has 0 spiro atoms. The molecule has 2 rings (SSSR count). The number of hydrogen-bond acceptors (Lipinski definition) is 2. The van der Waals surface area contributed by atoms with Gasteiger partial charge < -0.3 is 10.4 Å². The molecule has 2 heteroatoms. The second-order valence-corrected chi connectivity index (χ2v) is 3.72. The first-order valence-electron chi connectivity index (χ1n) is 4.75. The van der Waals surface area contributed by atoms with Crippen molar-refractivity contribution in [3.8, 4) is 5.75 Å². The van der Waals surface area contributed by atoms with Crippen molar-refractivity contribution in [2.75, 3.05) is 6.54 Å². The molecule has 1 aliphatic heterocycles. The minimum absolute atomic E-state index is 0.281. The van der Waals surface area contributed by atoms with Gasteiger partial charge in [0.2, 0.25) is 0 Å². The molecule has 70 valence electrons. The molecule has 1 aromatic rings. The van der Waals surface area contributed by atoms with Crippen LogP contribution in [0.15, 0.2) is 12.1 Å². The second-order valence-electron chi connectivity index (χ2n) is 3.72. The van der Waals surface area contributed by atoms with Crippen molar-refractivity contribution in [3.63, 3.8) is 0 Å². The van der Waals surface area contributed by atoms with Crippen LogP contribution >= 0.6 is 0 Å². The Bertz CT molecular complexity index is 333. The third-order valence-electron chi connectivity index (χ3n) is 2.83. The van der Waals surface area contributed by atoms with Crippen LogP contribution in [0.25, 0.3) is 0 Å². The molecule has 2 N–H and O–H groups in total. The first-order chi connectivity index (χ1) is 6.20. The third-order valence-corrected chi connectivity index (χ3v) is 2.83. The molecule has 0 saturated heterocycles. The SMILES string of the molecule is Cc1ccc(O)c2c1CCNC2C. The zero-order valence-electron chi connectivity index (χ0n) is 8.09. The largest absolute Gasteiger partial charge is 0.508 e. The van der Waals surface area contributed by atoms with Gasteiger partial charge in [-0.15, -0.1) is 0 Å². The molecule has 1 unspecified atom stereocenters. The molecule has 1 heterocycles. The Kier molecular flexibility index (Phi) is 2.00. The van der Waals surface area contributed by atoms with Gasteiger partial charge in [-0.1, -0.05) is 6.07 Å². The molecule has 0 radical (unpaired) electrons. The average molecular weight is 177 g/mol. The van der Waals surface area contributed by atoms with Crippen molar-refractivity contribution < 1.29 is 5.11 Å². The van der Waals surface area contributed by atoms with Crippen LogP contribution in [0.5, 0.6) is 5.75 Å². The van der Waals surface area contributed by atoms with Crippen LogP contribution in [0.4, 0.5) is 0 Å². The van der Waals surface area contributed by atoms with E-state index in [1.54, 1.807) is 6.07 Å². The molecule has 1 atom stereocenters. The topological polar surface area (TPSA) is 32.3 Å². The molecule has 0 aromatic heterocycles. The number of phenolic OH excluding ortho intramolecular Hbond substituents is 1. The van der Waals surface area contributed by atoms with Crippen molar-refractivity contribution in [1.29, 1.82) is 0 Å². The Labute approximate surface area is 78.6 Å². The number of nitrogens with one attached hydrogen (secondary N) is 1. The molecule has 1 aromatic carbocycles. The van der Waals surface area contributed by atoms with E-state index in [0.29, 0.717) is 5.75 Å². The predicted molar refractivity (Wildman–Crippen MR) is 53.0 cm³/mol. The lowest BCUT2D eigenvalue weighted by Gasteiger charge is -2.26. The summed E-state index contributed by atoms with van der Waals surface area (Å²) in [7, 11) is 0. The quantitative estimate of drug-likeness (QED) is 0.634. The minimum atomic E-state index is 0.281. The van der Waals surface area contributed by atoms with Gasteiger partial charge >= 0.3 is 0 Å². The summed E-state index contributed by atoms with van der Waals surface area (Å²) in [6.07, 6.45) is 1.03. The second kappa shape index (κ2) is 3.04. The van der Waals surface area contributed by atoms with Crippen LogP contribution in [0.2, 0.25) is 0 Å². The zero-order valence-corrected chi connectivity index (χ0v) is 8.09. The van der Waals surface area contributed by atoms with E-state index in [9.17, 15) is 5.11 Å². The lowest BCUT2D eigenvalue weighted by Crippen LogP contribution is -2.28. The summed E-state index contributed by atoms with van der Waals surface area (Å²) in [4.78, 5) is 0. The third kappa shape index (κ3) is 1.31. The number of fused-ring (bicyclic) bond motifs is 1. The van der Waals surface area contributed by atoms with Crippen LogP contribution < -0.4 is 5.32 Å². The van der Waals surface area contributed by atoms with Crippen LogP contribution in [-0.2, 0) is 6.42 Å². The fourth-order valence-corrected chi connectivity index (χ4v) is 2.09. The van der Waals surface area contributed by atoms with E-state index in [4.69, 9.17) is 0 Å². The van der Waals surface area contributed by atoms with Crippen molar-refractivity contribution in [2.45, 2.75) is 26.3 Å². The smallest absolute Gasteiger partial charge is 0.120 e. The summed E-state index contributed by atoms with van der Waals surface area (Å²) in [5.41, 5.74) is 3.71. The molecule has 0 fully saturated rings. The van der Waals surface area contributed by atoms with Crippen LogP contribution in [0, 0.1) is 6.92 Å². The monoisotopic (exact) mass is 177 g/mol. The average Bonchev–Trinajstić information content (AvgIpc) is 2.12. The lowest BCUT2D eigenvalue weighted by molar-refractivity contribution is 0.441. The van der Waals surface area contributed by atoms with E-state index in [-0.39, 0.29) is 6.04 Å². The first kappa shape index (κ1) is 8.57. The normalized spacial score (nSPS) is 21.2. The van der Waals surface area contributed by atoms with Gasteiger partial charge in [0, 0.05) is 11.6 Å². The van der Waals surface area contributed by atoms with E-state index >= 15 is 0 Å². The van der Waals surface area contributed by atoms with Crippen LogP contribution in [0.1, 0.15) is 29.7 Å². The van der Waals surface area contributed by atoms with Gasteiger partial charge in [-0.2, -0.15) is 0 Å².